The van der Waals surface area contributed by atoms with Gasteiger partial charge >= 0.3 is 6.09 Å². The lowest BCUT2D eigenvalue weighted by Gasteiger charge is -2.20. The third kappa shape index (κ3) is 23.3. The highest BCUT2D eigenvalue weighted by Crippen LogP contribution is 2.28. The van der Waals surface area contributed by atoms with Crippen LogP contribution < -0.4 is 36.5 Å². The summed E-state index contributed by atoms with van der Waals surface area (Å²) >= 11 is 5.48. The summed E-state index contributed by atoms with van der Waals surface area (Å²) in [4.78, 5) is 41.2. The molecule has 98 heavy (non-hydrogen) atoms. The number of hydrogen-bond donors (Lipinski definition) is 8. The zero-order valence-corrected chi connectivity index (χ0v) is 55.8. The normalized spacial score (nSPS) is 11.5. The van der Waals surface area contributed by atoms with Crippen LogP contribution in [-0.4, -0.2) is 96.1 Å². The van der Waals surface area contributed by atoms with Gasteiger partial charge in [-0.05, 0) is 156 Å². The lowest BCUT2D eigenvalue weighted by Crippen LogP contribution is -2.34. The van der Waals surface area contributed by atoms with Gasteiger partial charge in [-0.15, -0.1) is 0 Å². The first-order valence-corrected chi connectivity index (χ1v) is 31.8. The highest BCUT2D eigenvalue weighted by atomic mass is 35.5. The third-order valence-electron chi connectivity index (χ3n) is 13.3. The summed E-state index contributed by atoms with van der Waals surface area (Å²) in [7, 11) is -4.02. The second-order valence-electron chi connectivity index (χ2n) is 22.5. The Labute approximate surface area is 566 Å². The van der Waals surface area contributed by atoms with Crippen molar-refractivity contribution in [3.8, 4) is 23.0 Å². The Morgan fingerprint density at radius 1 is 0.561 bits per heavy atom. The topological polar surface area (TPSA) is 357 Å². The first-order chi connectivity index (χ1) is 46.8. The van der Waals surface area contributed by atoms with Crippen LogP contribution in [0.15, 0.2) is 198 Å². The van der Waals surface area contributed by atoms with Crippen molar-refractivity contribution in [2.24, 2.45) is 5.73 Å². The molecule has 9 N–H and O–H groups in total. The fourth-order valence-corrected chi connectivity index (χ4v) is 8.83. The molecule has 0 atom stereocenters. The van der Waals surface area contributed by atoms with E-state index >= 15 is 0 Å². The van der Waals surface area contributed by atoms with Crippen LogP contribution >= 0.6 is 11.6 Å². The molecule has 512 valence electrons. The molecular formula is C69H71ClF2N12O13S. The molecule has 0 aliphatic rings. The molecule has 0 saturated carbocycles. The van der Waals surface area contributed by atoms with E-state index in [2.05, 4.69) is 56.2 Å². The number of nitrogens with one attached hydrogen (secondary N) is 4. The van der Waals surface area contributed by atoms with Crippen LogP contribution in [0.25, 0.3) is 44.4 Å². The molecule has 0 unspecified atom stereocenters. The maximum Gasteiger partial charge on any atom is 0.407 e. The third-order valence-corrected chi connectivity index (χ3v) is 14.3. The summed E-state index contributed by atoms with van der Waals surface area (Å²) in [6, 6.07) is 38.9. The lowest BCUT2D eigenvalue weighted by molar-refractivity contribution is 0.0531. The number of aromatic hydroxyl groups is 2. The van der Waals surface area contributed by atoms with Crippen molar-refractivity contribution in [2.45, 2.75) is 78.6 Å². The van der Waals surface area contributed by atoms with Gasteiger partial charge in [-0.25, -0.2) is 13.6 Å². The van der Waals surface area contributed by atoms with Crippen molar-refractivity contribution in [1.29, 1.82) is 0 Å². The molecule has 0 fully saturated rings. The van der Waals surface area contributed by atoms with Crippen molar-refractivity contribution in [3.63, 3.8) is 0 Å². The summed E-state index contributed by atoms with van der Waals surface area (Å²) in [5.41, 5.74) is 17.3. The number of hydrogen-bond acceptors (Lipinski definition) is 23. The van der Waals surface area contributed by atoms with E-state index in [9.17, 15) is 27.1 Å². The Balaban J connectivity index is 0.000000165. The standard InChI is InChI=1S/C23H27FN4O4.C18H19FN4O2.C14H13N3O2.C7H4ClNO2.C7H8O3S/c1-15-5-6-16(11-25-15)12-26-21-28-19-8-7-18(9-20(19)31-21)30-14-17(10-24)13-27-22(29)32-23(2,3)4;1-12-2-3-13(9-21-12)10-22-18-23-16-5-4-15(6-17(16)25-18)24-11-14(7-19)8-20;1-9-2-3-10(7-15-9)8-16-14-17-12-5-4-11(18)6-13(12)19-14;8-7-9-5-2-1-4(10)3-6(5)11-7;1-6-2-4-7(5-3-6)11(8,9)10/h5-11H,12-14H2,1-4H3,(H,26,28)(H,27,29);2-7,9H,8,10-11,20H2,1H3,(H,22,23);2-7,18H,8H2,1H3,(H,16,17);1-3,10H;2-5H,1H3,(H,8,9,10)/b17-10-;14-7-;;;. The highest BCUT2D eigenvalue weighted by molar-refractivity contribution is 7.85. The molecule has 25 nitrogen and oxygen atoms in total. The van der Waals surface area contributed by atoms with E-state index in [0.29, 0.717) is 112 Å². The number of anilines is 3. The molecule has 0 bridgehead atoms. The minimum Gasteiger partial charge on any atom is -0.508 e. The number of nitrogens with two attached hydrogens (primary N) is 1. The predicted octanol–water partition coefficient (Wildman–Crippen LogP) is 14.5. The van der Waals surface area contributed by atoms with Crippen LogP contribution in [0.5, 0.6) is 23.0 Å². The van der Waals surface area contributed by atoms with Crippen molar-refractivity contribution in [1.82, 2.24) is 40.2 Å². The number of benzene rings is 5. The van der Waals surface area contributed by atoms with Crippen molar-refractivity contribution in [3.05, 3.63) is 221 Å². The number of rotatable bonds is 19. The van der Waals surface area contributed by atoms with Gasteiger partial charge in [0, 0.05) is 104 Å². The quantitative estimate of drug-likeness (QED) is 0.0349. The van der Waals surface area contributed by atoms with Crippen LogP contribution in [0.2, 0.25) is 5.35 Å². The van der Waals surface area contributed by atoms with Gasteiger partial charge in [0.25, 0.3) is 33.5 Å². The number of halogens is 3. The lowest BCUT2D eigenvalue weighted by atomic mass is 10.2. The molecule has 29 heteroatoms. The summed E-state index contributed by atoms with van der Waals surface area (Å²) in [6.07, 6.45) is 5.67. The number of fused-ring (bicyclic) bond motifs is 4. The molecule has 0 aliphatic heterocycles. The van der Waals surface area contributed by atoms with Crippen molar-refractivity contribution < 1.29 is 68.6 Å². The fraction of sp³-hybridized carbons (Fsp3) is 0.217. The molecular weight excluding hydrogens is 1310 g/mol. The van der Waals surface area contributed by atoms with Crippen LogP contribution in [0.4, 0.5) is 31.6 Å². The van der Waals surface area contributed by atoms with Crippen molar-refractivity contribution in [2.75, 3.05) is 42.3 Å². The zero-order valence-electron chi connectivity index (χ0n) is 54.2. The Hall–Kier alpha value is -11.2. The molecule has 0 spiro atoms. The average Bonchev–Trinajstić information content (AvgIpc) is 1.82. The van der Waals surface area contributed by atoms with Gasteiger partial charge in [0.05, 0.1) is 17.6 Å². The smallest absolute Gasteiger partial charge is 0.407 e. The van der Waals surface area contributed by atoms with Gasteiger partial charge in [-0.1, -0.05) is 35.9 Å². The zero-order chi connectivity index (χ0) is 70.4. The van der Waals surface area contributed by atoms with Gasteiger partial charge in [0.15, 0.2) is 22.3 Å². The number of aryl methyl sites for hydroxylation is 4. The van der Waals surface area contributed by atoms with Gasteiger partial charge in [0.2, 0.25) is 0 Å². The largest absolute Gasteiger partial charge is 0.508 e. The van der Waals surface area contributed by atoms with Gasteiger partial charge in [-0.2, -0.15) is 28.4 Å². The second kappa shape index (κ2) is 34.5. The molecule has 0 aliphatic carbocycles. The number of pyridine rings is 3. The Kier molecular flexibility index (Phi) is 25.5. The second-order valence-corrected chi connectivity index (χ2v) is 24.3. The summed E-state index contributed by atoms with van der Waals surface area (Å²) < 4.78 is 93.3. The molecule has 7 aromatic heterocycles. The molecule has 12 rings (SSSR count). The number of aromatic nitrogens is 7. The minimum atomic E-state index is -4.02. The molecule has 12 aromatic rings. The van der Waals surface area contributed by atoms with E-state index in [1.807, 2.05) is 76.5 Å². The summed E-state index contributed by atoms with van der Waals surface area (Å²) in [5.74, 6) is 1.36. The van der Waals surface area contributed by atoms with E-state index < -0.39 is 21.8 Å². The molecule has 0 radical (unpaired) electrons. The number of phenols is 2. The Bertz CT molecular complexity index is 4760. The van der Waals surface area contributed by atoms with E-state index in [0.717, 1.165) is 39.3 Å². The fourth-order valence-electron chi connectivity index (χ4n) is 8.18. The van der Waals surface area contributed by atoms with Crippen LogP contribution in [-0.2, 0) is 34.5 Å². The van der Waals surface area contributed by atoms with E-state index in [1.165, 1.54) is 24.3 Å². The number of alkyl carbamates (subject to hydrolysis) is 1. The highest BCUT2D eigenvalue weighted by Gasteiger charge is 2.17. The Morgan fingerprint density at radius 3 is 1.35 bits per heavy atom. The van der Waals surface area contributed by atoms with E-state index in [1.54, 1.807) is 99.8 Å². The maximum atomic E-state index is 13.2. The first-order valence-electron chi connectivity index (χ1n) is 30.0. The maximum absolute atomic E-state index is 13.2. The number of phenolic OH excluding ortho intramolecular Hbond substituents is 2. The SMILES string of the molecule is Cc1ccc(CNc2nc3ccc(O)cc3o2)cn1.Cc1ccc(CNc2nc3ccc(OC/C(=C\F)CN)cc3o2)cn1.Cc1ccc(CNc2nc3ccc(OC/C(=C\F)CNC(=O)OC(C)(C)C)cc3o2)cn1.Cc1ccc(S(=O)(=O)O)cc1.Oc1ccc2nc(Cl)oc2c1. The summed E-state index contributed by atoms with van der Waals surface area (Å²) in [5, 5.41) is 30.3. The van der Waals surface area contributed by atoms with Crippen LogP contribution in [0.3, 0.4) is 0 Å². The Morgan fingerprint density at radius 2 is 0.959 bits per heavy atom. The molecule has 5 aromatic carbocycles. The van der Waals surface area contributed by atoms with Crippen molar-refractivity contribution >= 4 is 90.3 Å². The number of nitrogens with zero attached hydrogens (tertiary/aromatic N) is 7. The number of ether oxygens (including phenoxy) is 3. The number of amides is 1. The van der Waals surface area contributed by atoms with Gasteiger partial charge in [0.1, 0.15) is 63.9 Å². The molecule has 0 saturated heterocycles. The van der Waals surface area contributed by atoms with E-state index in [-0.39, 0.29) is 53.6 Å². The first kappa shape index (κ1) is 72.6. The monoisotopic (exact) mass is 1380 g/mol. The van der Waals surface area contributed by atoms with Crippen LogP contribution in [0.1, 0.15) is 60.1 Å². The minimum absolute atomic E-state index is 0.0299. The number of oxazole rings is 4. The van der Waals surface area contributed by atoms with E-state index in [4.69, 9.17) is 58.9 Å². The molecule has 1 amide bonds. The number of carbonyl (C=O) groups is 1. The number of carbonyl (C=O) groups excluding carboxylic acids is 1. The predicted molar refractivity (Wildman–Crippen MR) is 367 cm³/mol. The van der Waals surface area contributed by atoms with Gasteiger partial charge < -0.3 is 69.1 Å². The molecule has 7 heterocycles. The summed E-state index contributed by atoms with van der Waals surface area (Å²) in [6.45, 7) is 14.7. The van der Waals surface area contributed by atoms with Crippen LogP contribution in [0, 0.1) is 27.7 Å². The van der Waals surface area contributed by atoms with Gasteiger partial charge in [-0.3, -0.25) is 19.5 Å². The average molecular weight is 1380 g/mol.